The molecule has 0 bridgehead atoms. The number of benzene rings is 2. The molecule has 0 radical (unpaired) electrons. The van der Waals surface area contributed by atoms with E-state index in [1.807, 2.05) is 29.3 Å². The van der Waals surface area contributed by atoms with Crippen molar-refractivity contribution in [2.75, 3.05) is 19.3 Å². The van der Waals surface area contributed by atoms with Gasteiger partial charge in [-0.2, -0.15) is 5.10 Å². The van der Waals surface area contributed by atoms with Crippen LogP contribution in [0.2, 0.25) is 0 Å². The normalized spacial score (nSPS) is 17.6. The number of likely N-dealkylation sites (tertiary alicyclic amines) is 1. The van der Waals surface area contributed by atoms with Crippen LogP contribution in [0, 0.1) is 0 Å². The molecule has 3 aromatic rings. The fourth-order valence-corrected chi connectivity index (χ4v) is 4.66. The number of rotatable bonds is 7. The number of aromatic nitrogens is 2. The highest BCUT2D eigenvalue weighted by atomic mass is 32.2. The second kappa shape index (κ2) is 10.1. The van der Waals surface area contributed by atoms with Crippen LogP contribution in [0.15, 0.2) is 71.3 Å². The van der Waals surface area contributed by atoms with E-state index in [1.165, 1.54) is 18.3 Å². The van der Waals surface area contributed by atoms with Crippen LogP contribution in [0.3, 0.4) is 0 Å². The minimum Gasteiger partial charge on any atom is -0.391 e. The number of nitrogens with zero attached hydrogens (tertiary/aromatic N) is 4. The molecule has 0 amide bonds. The standard InChI is InChI=1S/C26H28F2N4OS/c1-4-29-25(31-12-11-22(33)17-31)24(34-3)14-19-7-10-23-20(13-19)16-32(30-23)15-18-5-8-21(9-6-18)26(2,27)28/h4-10,13-14,16,22,33H,1,11-12,15,17H2,2-3H3/b24-14-,29-25?. The van der Waals surface area contributed by atoms with Crippen LogP contribution in [-0.2, 0) is 12.5 Å². The average Bonchev–Trinajstić information content (AvgIpc) is 3.41. The summed E-state index contributed by atoms with van der Waals surface area (Å²) in [5.41, 5.74) is 2.79. The molecule has 0 spiro atoms. The molecule has 1 aliphatic heterocycles. The second-order valence-corrected chi connectivity index (χ2v) is 9.31. The van der Waals surface area contributed by atoms with Gasteiger partial charge < -0.3 is 10.0 Å². The van der Waals surface area contributed by atoms with Crippen molar-refractivity contribution in [2.45, 2.75) is 31.9 Å². The Morgan fingerprint density at radius 1 is 1.29 bits per heavy atom. The molecule has 1 atom stereocenters. The molecule has 1 aromatic heterocycles. The van der Waals surface area contributed by atoms with Crippen molar-refractivity contribution in [1.29, 1.82) is 0 Å². The maximum absolute atomic E-state index is 13.5. The number of fused-ring (bicyclic) bond motifs is 1. The smallest absolute Gasteiger partial charge is 0.270 e. The number of hydrogen-bond donors (Lipinski definition) is 1. The molecule has 2 heterocycles. The van der Waals surface area contributed by atoms with Crippen molar-refractivity contribution in [3.63, 3.8) is 0 Å². The van der Waals surface area contributed by atoms with Gasteiger partial charge in [0.1, 0.15) is 5.84 Å². The third-order valence-corrected chi connectivity index (χ3v) is 6.54. The van der Waals surface area contributed by atoms with Gasteiger partial charge in [-0.1, -0.05) is 36.9 Å². The summed E-state index contributed by atoms with van der Waals surface area (Å²) in [6.45, 7) is 6.47. The van der Waals surface area contributed by atoms with Crippen LogP contribution in [0.4, 0.5) is 8.78 Å². The first-order valence-corrected chi connectivity index (χ1v) is 12.3. The van der Waals surface area contributed by atoms with Gasteiger partial charge in [-0.05, 0) is 42.0 Å². The van der Waals surface area contributed by atoms with Gasteiger partial charge in [-0.15, -0.1) is 11.8 Å². The predicted molar refractivity (Wildman–Crippen MR) is 136 cm³/mol. The molecule has 5 nitrogen and oxygen atoms in total. The van der Waals surface area contributed by atoms with Gasteiger partial charge in [-0.3, -0.25) is 4.68 Å². The number of aliphatic imine (C=N–C) groups is 1. The molecular weight excluding hydrogens is 454 g/mol. The number of β-amino-alcohol motifs (C(OH)–C–C–N with tert-alkyl or cyclic N) is 1. The lowest BCUT2D eigenvalue weighted by Gasteiger charge is -2.21. The van der Waals surface area contributed by atoms with Gasteiger partial charge in [0.15, 0.2) is 0 Å². The van der Waals surface area contributed by atoms with E-state index >= 15 is 0 Å². The molecule has 0 saturated carbocycles. The quantitative estimate of drug-likeness (QED) is 0.356. The maximum atomic E-state index is 13.5. The Labute approximate surface area is 202 Å². The largest absolute Gasteiger partial charge is 0.391 e. The zero-order valence-electron chi connectivity index (χ0n) is 19.3. The van der Waals surface area contributed by atoms with Crippen molar-refractivity contribution in [1.82, 2.24) is 14.7 Å². The molecule has 1 saturated heterocycles. The van der Waals surface area contributed by atoms with Crippen molar-refractivity contribution < 1.29 is 13.9 Å². The van der Waals surface area contributed by atoms with Gasteiger partial charge in [0.05, 0.1) is 23.1 Å². The van der Waals surface area contributed by atoms with Gasteiger partial charge >= 0.3 is 0 Å². The number of hydrogen-bond acceptors (Lipinski definition) is 4. The summed E-state index contributed by atoms with van der Waals surface area (Å²) < 4.78 is 28.7. The summed E-state index contributed by atoms with van der Waals surface area (Å²) in [7, 11) is 0. The fourth-order valence-electron chi connectivity index (χ4n) is 4.04. The molecule has 34 heavy (non-hydrogen) atoms. The molecule has 8 heteroatoms. The molecule has 178 valence electrons. The van der Waals surface area contributed by atoms with Crippen LogP contribution >= 0.6 is 11.8 Å². The number of halogens is 2. The predicted octanol–water partition coefficient (Wildman–Crippen LogP) is 5.51. The Morgan fingerprint density at radius 2 is 2.06 bits per heavy atom. The molecule has 1 fully saturated rings. The number of alkyl halides is 2. The highest BCUT2D eigenvalue weighted by Crippen LogP contribution is 2.27. The molecule has 1 aliphatic rings. The van der Waals surface area contributed by atoms with Crippen LogP contribution < -0.4 is 0 Å². The molecule has 0 aliphatic carbocycles. The van der Waals surface area contributed by atoms with E-state index in [9.17, 15) is 13.9 Å². The van der Waals surface area contributed by atoms with Crippen molar-refractivity contribution in [2.24, 2.45) is 4.99 Å². The minimum absolute atomic E-state index is 0.00528. The number of aliphatic hydroxyl groups excluding tert-OH is 1. The lowest BCUT2D eigenvalue weighted by atomic mass is 10.1. The van der Waals surface area contributed by atoms with Crippen molar-refractivity contribution in [3.05, 3.63) is 83.0 Å². The summed E-state index contributed by atoms with van der Waals surface area (Å²) in [5, 5.41) is 15.6. The van der Waals surface area contributed by atoms with Crippen LogP contribution in [0.25, 0.3) is 17.0 Å². The zero-order valence-corrected chi connectivity index (χ0v) is 20.1. The van der Waals surface area contributed by atoms with Crippen LogP contribution in [-0.4, -0.2) is 51.1 Å². The second-order valence-electron chi connectivity index (χ2n) is 8.47. The Bertz CT molecular complexity index is 1230. The summed E-state index contributed by atoms with van der Waals surface area (Å²) in [6, 6.07) is 12.4. The highest BCUT2D eigenvalue weighted by molar-refractivity contribution is 8.03. The van der Waals surface area contributed by atoms with E-state index in [0.717, 1.165) is 52.7 Å². The first-order chi connectivity index (χ1) is 16.3. The first-order valence-electron chi connectivity index (χ1n) is 11.1. The van der Waals surface area contributed by atoms with E-state index in [4.69, 9.17) is 0 Å². The van der Waals surface area contributed by atoms with E-state index in [-0.39, 0.29) is 11.7 Å². The SMILES string of the molecule is C=CN=C(/C(=C/c1ccc2nn(Cc3ccc(C(C)(F)F)cc3)cc2c1)SC)N1CCC(O)C1. The summed E-state index contributed by atoms with van der Waals surface area (Å²) in [4.78, 5) is 7.57. The monoisotopic (exact) mass is 482 g/mol. The van der Waals surface area contributed by atoms with Gasteiger partial charge in [0, 0.05) is 43.4 Å². The van der Waals surface area contributed by atoms with E-state index in [2.05, 4.69) is 33.7 Å². The topological polar surface area (TPSA) is 53.7 Å². The van der Waals surface area contributed by atoms with Gasteiger partial charge in [0.25, 0.3) is 5.92 Å². The molecule has 2 aromatic carbocycles. The molecule has 1 N–H and O–H groups in total. The molecule has 1 unspecified atom stereocenters. The number of thioether (sulfide) groups is 1. The average molecular weight is 483 g/mol. The van der Waals surface area contributed by atoms with E-state index in [1.54, 1.807) is 23.9 Å². The third-order valence-electron chi connectivity index (χ3n) is 5.80. The summed E-state index contributed by atoms with van der Waals surface area (Å²) in [6.07, 6.45) is 7.97. The Kier molecular flexibility index (Phi) is 7.19. The molecule has 4 rings (SSSR count). The van der Waals surface area contributed by atoms with Gasteiger partial charge in [0.2, 0.25) is 0 Å². The van der Waals surface area contributed by atoms with Crippen LogP contribution in [0.1, 0.15) is 30.0 Å². The minimum atomic E-state index is -2.84. The summed E-state index contributed by atoms with van der Waals surface area (Å²) in [5.74, 6) is -2.03. The van der Waals surface area contributed by atoms with E-state index < -0.39 is 5.92 Å². The summed E-state index contributed by atoms with van der Waals surface area (Å²) >= 11 is 1.60. The highest BCUT2D eigenvalue weighted by Gasteiger charge is 2.25. The lowest BCUT2D eigenvalue weighted by molar-refractivity contribution is 0.0174. The number of amidine groups is 1. The van der Waals surface area contributed by atoms with Crippen molar-refractivity contribution in [3.8, 4) is 0 Å². The lowest BCUT2D eigenvalue weighted by Crippen LogP contribution is -2.30. The Morgan fingerprint density at radius 3 is 2.68 bits per heavy atom. The third kappa shape index (κ3) is 5.56. The maximum Gasteiger partial charge on any atom is 0.270 e. The Balaban J connectivity index is 1.56. The van der Waals surface area contributed by atoms with E-state index in [0.29, 0.717) is 13.1 Å². The molecular formula is C26H28F2N4OS. The number of aliphatic hydroxyl groups is 1. The van der Waals surface area contributed by atoms with Crippen molar-refractivity contribution >= 4 is 34.6 Å². The van der Waals surface area contributed by atoms with Crippen LogP contribution in [0.5, 0.6) is 0 Å². The fraction of sp³-hybridized carbons (Fsp3) is 0.308. The van der Waals surface area contributed by atoms with Gasteiger partial charge in [-0.25, -0.2) is 13.8 Å². The first kappa shape index (κ1) is 24.2. The Hall–Kier alpha value is -2.97. The zero-order chi connectivity index (χ0) is 24.3.